The minimum absolute atomic E-state index is 0.0631. The first-order chi connectivity index (χ1) is 11.5. The van der Waals surface area contributed by atoms with E-state index in [4.69, 9.17) is 20.9 Å². The molecule has 1 heterocycles. The third-order valence-corrected chi connectivity index (χ3v) is 4.01. The fourth-order valence-corrected chi connectivity index (χ4v) is 2.56. The number of rotatable bonds is 4. The average Bonchev–Trinajstić information content (AvgIpc) is 3.04. The zero-order chi connectivity index (χ0) is 17.1. The Balaban J connectivity index is 1.68. The zero-order valence-corrected chi connectivity index (χ0v) is 14.5. The second-order valence-corrected chi connectivity index (χ2v) is 6.21. The molecular weight excluding hydrogens is 401 g/mol. The summed E-state index contributed by atoms with van der Waals surface area (Å²) in [5, 5.41) is 4.13. The highest BCUT2D eigenvalue weighted by atomic mass is 79.9. The van der Waals surface area contributed by atoms with E-state index in [1.807, 2.05) is 0 Å². The quantitative estimate of drug-likeness (QED) is 0.551. The maximum atomic E-state index is 12.9. The molecule has 0 spiro atoms. The van der Waals surface area contributed by atoms with E-state index in [0.717, 1.165) is 4.47 Å². The molecule has 0 saturated carbocycles. The minimum Gasteiger partial charge on any atom is -0.455 e. The van der Waals surface area contributed by atoms with Gasteiger partial charge >= 0.3 is 5.97 Å². The SMILES string of the molecule is O=C(OCc1cc(-c2ccc(F)cc2)on1)c1cc(Br)ccc1Cl. The molecule has 4 nitrogen and oxygen atoms in total. The summed E-state index contributed by atoms with van der Waals surface area (Å²) in [4.78, 5) is 12.1. The van der Waals surface area contributed by atoms with Gasteiger partial charge in [0, 0.05) is 16.1 Å². The number of aromatic nitrogens is 1. The highest BCUT2D eigenvalue weighted by molar-refractivity contribution is 9.10. The average molecular weight is 411 g/mol. The predicted molar refractivity (Wildman–Crippen MR) is 90.2 cm³/mol. The number of hydrogen-bond donors (Lipinski definition) is 0. The lowest BCUT2D eigenvalue weighted by Crippen LogP contribution is -2.06. The first-order valence-corrected chi connectivity index (χ1v) is 8.04. The fraction of sp³-hybridized carbons (Fsp3) is 0.0588. The molecule has 0 amide bonds. The minimum atomic E-state index is -0.562. The van der Waals surface area contributed by atoms with E-state index in [0.29, 0.717) is 22.0 Å². The van der Waals surface area contributed by atoms with E-state index >= 15 is 0 Å². The van der Waals surface area contributed by atoms with Crippen LogP contribution in [0.1, 0.15) is 16.1 Å². The molecule has 1 aromatic heterocycles. The Hall–Kier alpha value is -2.18. The molecule has 0 saturated heterocycles. The van der Waals surface area contributed by atoms with Crippen molar-refractivity contribution in [3.8, 4) is 11.3 Å². The predicted octanol–water partition coefficient (Wildman–Crippen LogP) is 5.25. The van der Waals surface area contributed by atoms with E-state index in [2.05, 4.69) is 21.1 Å². The van der Waals surface area contributed by atoms with Gasteiger partial charge in [0.1, 0.15) is 18.1 Å². The highest BCUT2D eigenvalue weighted by Crippen LogP contribution is 2.23. The van der Waals surface area contributed by atoms with Gasteiger partial charge < -0.3 is 9.26 Å². The van der Waals surface area contributed by atoms with Gasteiger partial charge in [-0.15, -0.1) is 0 Å². The molecule has 0 atom stereocenters. The molecule has 3 rings (SSSR count). The first kappa shape index (κ1) is 16.7. The Bertz CT molecular complexity index is 880. The molecular formula is C17H10BrClFNO3. The van der Waals surface area contributed by atoms with Crippen LogP contribution in [-0.4, -0.2) is 11.1 Å². The van der Waals surface area contributed by atoms with Crippen LogP contribution in [0.2, 0.25) is 5.02 Å². The smallest absolute Gasteiger partial charge is 0.340 e. The first-order valence-electron chi connectivity index (χ1n) is 6.86. The summed E-state index contributed by atoms with van der Waals surface area (Å²) in [5.41, 5.74) is 1.37. The number of benzene rings is 2. The van der Waals surface area contributed by atoms with Crippen molar-refractivity contribution >= 4 is 33.5 Å². The standard InChI is InChI=1S/C17H10BrClFNO3/c18-11-3-6-15(19)14(7-11)17(22)23-9-13-8-16(24-21-13)10-1-4-12(20)5-2-10/h1-8H,9H2. The molecule has 24 heavy (non-hydrogen) atoms. The van der Waals surface area contributed by atoms with Crippen molar-refractivity contribution in [3.05, 3.63) is 75.1 Å². The number of halogens is 3. The van der Waals surface area contributed by atoms with Crippen LogP contribution < -0.4 is 0 Å². The lowest BCUT2D eigenvalue weighted by atomic mass is 10.1. The number of nitrogens with zero attached hydrogens (tertiary/aromatic N) is 1. The number of hydrogen-bond acceptors (Lipinski definition) is 4. The molecule has 0 aliphatic carbocycles. The van der Waals surface area contributed by atoms with Crippen molar-refractivity contribution in [1.82, 2.24) is 5.16 Å². The second kappa shape index (κ2) is 7.15. The molecule has 0 fully saturated rings. The summed E-state index contributed by atoms with van der Waals surface area (Å²) in [6, 6.07) is 12.3. The fourth-order valence-electron chi connectivity index (χ4n) is 2.00. The lowest BCUT2D eigenvalue weighted by Gasteiger charge is -2.04. The van der Waals surface area contributed by atoms with Crippen LogP contribution in [0.5, 0.6) is 0 Å². The van der Waals surface area contributed by atoms with Crippen LogP contribution in [0.3, 0.4) is 0 Å². The molecule has 3 aromatic rings. The summed E-state index contributed by atoms with van der Waals surface area (Å²) < 4.78 is 24.0. The van der Waals surface area contributed by atoms with Crippen LogP contribution in [0.4, 0.5) is 4.39 Å². The van der Waals surface area contributed by atoms with Gasteiger partial charge in [-0.3, -0.25) is 0 Å². The molecule has 0 unspecified atom stereocenters. The van der Waals surface area contributed by atoms with Crippen LogP contribution >= 0.6 is 27.5 Å². The summed E-state index contributed by atoms with van der Waals surface area (Å²) in [6.07, 6.45) is 0. The summed E-state index contributed by atoms with van der Waals surface area (Å²) in [7, 11) is 0. The molecule has 2 aromatic carbocycles. The van der Waals surface area contributed by atoms with E-state index in [1.54, 1.807) is 36.4 Å². The van der Waals surface area contributed by atoms with Crippen LogP contribution in [-0.2, 0) is 11.3 Å². The zero-order valence-electron chi connectivity index (χ0n) is 12.1. The highest BCUT2D eigenvalue weighted by Gasteiger charge is 2.14. The second-order valence-electron chi connectivity index (χ2n) is 4.89. The topological polar surface area (TPSA) is 52.3 Å². The van der Waals surface area contributed by atoms with Crippen molar-refractivity contribution in [1.29, 1.82) is 0 Å². The third kappa shape index (κ3) is 3.83. The van der Waals surface area contributed by atoms with Gasteiger partial charge in [-0.2, -0.15) is 0 Å². The maximum absolute atomic E-state index is 12.9. The molecule has 0 aliphatic heterocycles. The molecule has 0 radical (unpaired) electrons. The van der Waals surface area contributed by atoms with Gasteiger partial charge in [0.2, 0.25) is 0 Å². The van der Waals surface area contributed by atoms with Crippen molar-refractivity contribution in [2.45, 2.75) is 6.61 Å². The summed E-state index contributed by atoms with van der Waals surface area (Å²) in [5.74, 6) is -0.438. The van der Waals surface area contributed by atoms with Crippen molar-refractivity contribution in [3.63, 3.8) is 0 Å². The normalized spacial score (nSPS) is 10.6. The van der Waals surface area contributed by atoms with Gasteiger partial charge in [0.05, 0.1) is 10.6 Å². The Morgan fingerprint density at radius 1 is 1.21 bits per heavy atom. The number of esters is 1. The Labute approximate surface area is 150 Å². The van der Waals surface area contributed by atoms with E-state index in [1.165, 1.54) is 12.1 Å². The van der Waals surface area contributed by atoms with E-state index in [9.17, 15) is 9.18 Å². The maximum Gasteiger partial charge on any atom is 0.340 e. The third-order valence-electron chi connectivity index (χ3n) is 3.19. The summed E-state index contributed by atoms with van der Waals surface area (Å²) in [6.45, 7) is -0.0631. The van der Waals surface area contributed by atoms with Gasteiger partial charge in [0.25, 0.3) is 0 Å². The Morgan fingerprint density at radius 2 is 1.96 bits per heavy atom. The van der Waals surface area contributed by atoms with Crippen LogP contribution in [0, 0.1) is 5.82 Å². The lowest BCUT2D eigenvalue weighted by molar-refractivity contribution is 0.0464. The molecule has 0 N–H and O–H groups in total. The van der Waals surface area contributed by atoms with Crippen molar-refractivity contribution in [2.75, 3.05) is 0 Å². The monoisotopic (exact) mass is 409 g/mol. The van der Waals surface area contributed by atoms with Gasteiger partial charge in [-0.25, -0.2) is 9.18 Å². The molecule has 0 aliphatic rings. The Morgan fingerprint density at radius 3 is 2.71 bits per heavy atom. The molecule has 122 valence electrons. The number of carbonyl (C=O) groups excluding carboxylic acids is 1. The van der Waals surface area contributed by atoms with Gasteiger partial charge in [-0.05, 0) is 42.5 Å². The van der Waals surface area contributed by atoms with Gasteiger partial charge in [-0.1, -0.05) is 32.7 Å². The molecule has 0 bridgehead atoms. The van der Waals surface area contributed by atoms with E-state index < -0.39 is 5.97 Å². The number of ether oxygens (including phenoxy) is 1. The molecule has 7 heteroatoms. The van der Waals surface area contributed by atoms with E-state index in [-0.39, 0.29) is 18.0 Å². The van der Waals surface area contributed by atoms with Crippen LogP contribution in [0.25, 0.3) is 11.3 Å². The summed E-state index contributed by atoms with van der Waals surface area (Å²) >= 11 is 9.26. The number of carbonyl (C=O) groups is 1. The Kier molecular flexibility index (Phi) is 4.97. The van der Waals surface area contributed by atoms with Crippen LogP contribution in [0.15, 0.2) is 57.5 Å². The van der Waals surface area contributed by atoms with Crippen molar-refractivity contribution in [2.24, 2.45) is 0 Å². The van der Waals surface area contributed by atoms with Crippen molar-refractivity contribution < 1.29 is 18.4 Å². The largest absolute Gasteiger partial charge is 0.455 e. The van der Waals surface area contributed by atoms with Gasteiger partial charge in [0.15, 0.2) is 5.76 Å².